The normalized spacial score (nSPS) is 44.8. The Morgan fingerprint density at radius 3 is 2.00 bits per heavy atom. The minimum absolute atomic E-state index is 0.264. The van der Waals surface area contributed by atoms with Crippen LogP contribution in [0.25, 0.3) is 0 Å². The third kappa shape index (κ3) is 0.669. The standard InChI is InChI=1S/C7H13NO2/c1-4-5(2)7(4,8)6(9)10-3/h4-5H,8H2,1-3H3/t4-,5-/m1/s1. The van der Waals surface area contributed by atoms with Crippen LogP contribution in [0.3, 0.4) is 0 Å². The second-order valence-corrected chi connectivity index (χ2v) is 3.00. The third-order valence-electron chi connectivity index (χ3n) is 2.69. The second-order valence-electron chi connectivity index (χ2n) is 3.00. The van der Waals surface area contributed by atoms with Crippen molar-refractivity contribution < 1.29 is 9.53 Å². The van der Waals surface area contributed by atoms with Gasteiger partial charge in [-0.15, -0.1) is 0 Å². The zero-order chi connectivity index (χ0) is 7.94. The van der Waals surface area contributed by atoms with Crippen LogP contribution < -0.4 is 5.73 Å². The topological polar surface area (TPSA) is 52.3 Å². The van der Waals surface area contributed by atoms with Gasteiger partial charge in [0.1, 0.15) is 5.54 Å². The van der Waals surface area contributed by atoms with Crippen molar-refractivity contribution in [3.8, 4) is 0 Å². The summed E-state index contributed by atoms with van der Waals surface area (Å²) in [4.78, 5) is 11.0. The maximum Gasteiger partial charge on any atom is 0.326 e. The molecule has 1 aliphatic rings. The van der Waals surface area contributed by atoms with Gasteiger partial charge in [-0.2, -0.15) is 0 Å². The molecule has 0 radical (unpaired) electrons. The van der Waals surface area contributed by atoms with Crippen LogP contribution >= 0.6 is 0 Å². The summed E-state index contributed by atoms with van der Waals surface area (Å²) in [6.45, 7) is 3.92. The van der Waals surface area contributed by atoms with E-state index >= 15 is 0 Å². The molecule has 0 bridgehead atoms. The maximum absolute atomic E-state index is 11.0. The number of carbonyl (C=O) groups is 1. The van der Waals surface area contributed by atoms with Crippen LogP contribution in [0.4, 0.5) is 0 Å². The molecular weight excluding hydrogens is 130 g/mol. The fourth-order valence-corrected chi connectivity index (χ4v) is 1.36. The van der Waals surface area contributed by atoms with E-state index in [1.54, 1.807) is 0 Å². The van der Waals surface area contributed by atoms with E-state index in [0.717, 1.165) is 0 Å². The van der Waals surface area contributed by atoms with Crippen LogP contribution in [0.2, 0.25) is 0 Å². The molecule has 1 saturated carbocycles. The van der Waals surface area contributed by atoms with E-state index in [0.29, 0.717) is 0 Å². The van der Waals surface area contributed by atoms with Crippen molar-refractivity contribution in [3.05, 3.63) is 0 Å². The van der Waals surface area contributed by atoms with Crippen LogP contribution in [0.15, 0.2) is 0 Å². The van der Waals surface area contributed by atoms with Crippen LogP contribution in [0.5, 0.6) is 0 Å². The third-order valence-corrected chi connectivity index (χ3v) is 2.69. The van der Waals surface area contributed by atoms with Crippen LogP contribution in [-0.2, 0) is 9.53 Å². The smallest absolute Gasteiger partial charge is 0.326 e. The molecule has 0 aromatic heterocycles. The van der Waals surface area contributed by atoms with E-state index in [1.165, 1.54) is 7.11 Å². The predicted octanol–water partition coefficient (Wildman–Crippen LogP) is 0.143. The lowest BCUT2D eigenvalue weighted by atomic mass is 10.2. The number of methoxy groups -OCH3 is 1. The molecule has 0 aromatic rings. The van der Waals surface area contributed by atoms with Gasteiger partial charge in [-0.1, -0.05) is 13.8 Å². The highest BCUT2D eigenvalue weighted by Crippen LogP contribution is 2.48. The van der Waals surface area contributed by atoms with E-state index in [-0.39, 0.29) is 17.8 Å². The Hall–Kier alpha value is -0.570. The first-order valence-electron chi connectivity index (χ1n) is 3.42. The lowest BCUT2D eigenvalue weighted by Crippen LogP contribution is -2.37. The fourth-order valence-electron chi connectivity index (χ4n) is 1.36. The highest BCUT2D eigenvalue weighted by molar-refractivity contribution is 5.85. The van der Waals surface area contributed by atoms with Gasteiger partial charge in [-0.3, -0.25) is 4.79 Å². The van der Waals surface area contributed by atoms with Crippen LogP contribution in [-0.4, -0.2) is 18.6 Å². The second kappa shape index (κ2) is 1.95. The number of hydrogen-bond acceptors (Lipinski definition) is 3. The average Bonchev–Trinajstić information content (AvgIpc) is 2.41. The zero-order valence-electron chi connectivity index (χ0n) is 6.55. The van der Waals surface area contributed by atoms with Gasteiger partial charge in [0.2, 0.25) is 0 Å². The van der Waals surface area contributed by atoms with E-state index in [4.69, 9.17) is 5.73 Å². The number of nitrogens with two attached hydrogens (primary N) is 1. The Morgan fingerprint density at radius 1 is 1.50 bits per heavy atom. The van der Waals surface area contributed by atoms with Crippen molar-refractivity contribution in [2.75, 3.05) is 7.11 Å². The highest BCUT2D eigenvalue weighted by Gasteiger charge is 2.62. The molecule has 1 aliphatic carbocycles. The molecule has 0 amide bonds. The van der Waals surface area contributed by atoms with Gasteiger partial charge < -0.3 is 10.5 Å². The lowest BCUT2D eigenvalue weighted by Gasteiger charge is -2.06. The molecule has 0 saturated heterocycles. The number of hydrogen-bond donors (Lipinski definition) is 1. The van der Waals surface area contributed by atoms with E-state index < -0.39 is 5.54 Å². The summed E-state index contributed by atoms with van der Waals surface area (Å²) in [6.07, 6.45) is 0. The van der Waals surface area contributed by atoms with Gasteiger partial charge in [0.05, 0.1) is 7.11 Å². The summed E-state index contributed by atoms with van der Waals surface area (Å²) in [7, 11) is 1.37. The Morgan fingerprint density at radius 2 is 1.90 bits per heavy atom. The summed E-state index contributed by atoms with van der Waals surface area (Å²) in [5.41, 5.74) is 5.03. The molecule has 2 N–H and O–H groups in total. The first kappa shape index (κ1) is 7.54. The van der Waals surface area contributed by atoms with Gasteiger partial charge >= 0.3 is 5.97 Å². The predicted molar refractivity (Wildman–Crippen MR) is 37.3 cm³/mol. The SMILES string of the molecule is COC(=O)C1(N)[C@H](C)[C@H]1C. The van der Waals surface area contributed by atoms with Gasteiger partial charge in [0.25, 0.3) is 0 Å². The molecule has 0 spiro atoms. The molecule has 10 heavy (non-hydrogen) atoms. The largest absolute Gasteiger partial charge is 0.468 e. The van der Waals surface area contributed by atoms with Gasteiger partial charge in [-0.25, -0.2) is 0 Å². The molecule has 0 unspecified atom stereocenters. The molecule has 3 heteroatoms. The summed E-state index contributed by atoms with van der Waals surface area (Å²) in [6, 6.07) is 0. The van der Waals surface area contributed by atoms with Crippen LogP contribution in [0.1, 0.15) is 13.8 Å². The van der Waals surface area contributed by atoms with Crippen molar-refractivity contribution in [1.82, 2.24) is 0 Å². The Kier molecular flexibility index (Phi) is 1.47. The van der Waals surface area contributed by atoms with Crippen molar-refractivity contribution in [2.24, 2.45) is 17.6 Å². The minimum Gasteiger partial charge on any atom is -0.468 e. The first-order valence-corrected chi connectivity index (χ1v) is 3.42. The number of ether oxygens (including phenoxy) is 1. The first-order chi connectivity index (χ1) is 4.55. The quantitative estimate of drug-likeness (QED) is 0.531. The lowest BCUT2D eigenvalue weighted by molar-refractivity contribution is -0.144. The molecule has 1 fully saturated rings. The number of rotatable bonds is 1. The monoisotopic (exact) mass is 143 g/mol. The van der Waals surface area contributed by atoms with Gasteiger partial charge in [0.15, 0.2) is 0 Å². The van der Waals surface area contributed by atoms with Crippen molar-refractivity contribution >= 4 is 5.97 Å². The molecule has 58 valence electrons. The molecule has 0 heterocycles. The van der Waals surface area contributed by atoms with Gasteiger partial charge in [-0.05, 0) is 11.8 Å². The summed E-state index contributed by atoms with van der Waals surface area (Å²) < 4.78 is 4.55. The number of carbonyl (C=O) groups excluding carboxylic acids is 1. The zero-order valence-corrected chi connectivity index (χ0v) is 6.55. The summed E-state index contributed by atoms with van der Waals surface area (Å²) in [5.74, 6) is 0.243. The molecule has 2 atom stereocenters. The van der Waals surface area contributed by atoms with Gasteiger partial charge in [0, 0.05) is 0 Å². The fraction of sp³-hybridized carbons (Fsp3) is 0.857. The number of esters is 1. The van der Waals surface area contributed by atoms with E-state index in [1.807, 2.05) is 13.8 Å². The van der Waals surface area contributed by atoms with Crippen molar-refractivity contribution in [1.29, 1.82) is 0 Å². The molecule has 0 aromatic carbocycles. The Balaban J connectivity index is 2.65. The Bertz CT molecular complexity index is 159. The molecular formula is C7H13NO2. The Labute approximate surface area is 60.5 Å². The minimum atomic E-state index is -0.686. The summed E-state index contributed by atoms with van der Waals surface area (Å²) >= 11 is 0. The van der Waals surface area contributed by atoms with Crippen molar-refractivity contribution in [2.45, 2.75) is 19.4 Å². The van der Waals surface area contributed by atoms with Crippen LogP contribution in [0, 0.1) is 11.8 Å². The van der Waals surface area contributed by atoms with E-state index in [9.17, 15) is 4.79 Å². The average molecular weight is 143 g/mol. The maximum atomic E-state index is 11.0. The van der Waals surface area contributed by atoms with E-state index in [2.05, 4.69) is 4.74 Å². The van der Waals surface area contributed by atoms with Crippen molar-refractivity contribution in [3.63, 3.8) is 0 Å². The molecule has 3 nitrogen and oxygen atoms in total. The molecule has 0 aliphatic heterocycles. The molecule has 1 rings (SSSR count). The summed E-state index contributed by atoms with van der Waals surface area (Å²) in [5, 5.41) is 0. The highest BCUT2D eigenvalue weighted by atomic mass is 16.5.